The summed E-state index contributed by atoms with van der Waals surface area (Å²) in [5.74, 6) is 0. The van der Waals surface area contributed by atoms with Crippen molar-refractivity contribution in [1.82, 2.24) is 4.90 Å². The van der Waals surface area contributed by atoms with Crippen molar-refractivity contribution >= 4 is 0 Å². The molecule has 0 aromatic heterocycles. The van der Waals surface area contributed by atoms with E-state index in [-0.39, 0.29) is 12.1 Å². The van der Waals surface area contributed by atoms with Gasteiger partial charge in [0.05, 0.1) is 0 Å². The van der Waals surface area contributed by atoms with E-state index in [1.807, 2.05) is 6.07 Å². The van der Waals surface area contributed by atoms with Gasteiger partial charge in [0.15, 0.2) is 0 Å². The lowest BCUT2D eigenvalue weighted by Gasteiger charge is -2.47. The summed E-state index contributed by atoms with van der Waals surface area (Å²) in [7, 11) is 0. The number of likely N-dealkylation sites (tertiary alicyclic amines) is 1. The molecule has 3 N–H and O–H groups in total. The normalized spacial score (nSPS) is 19.9. The van der Waals surface area contributed by atoms with Crippen LogP contribution >= 0.6 is 0 Å². The molecule has 0 amide bonds. The van der Waals surface area contributed by atoms with E-state index in [0.717, 1.165) is 19.6 Å². The van der Waals surface area contributed by atoms with Gasteiger partial charge in [0.25, 0.3) is 0 Å². The summed E-state index contributed by atoms with van der Waals surface area (Å²) < 4.78 is 0. The average Bonchev–Trinajstić information content (AvgIpc) is 2.17. The summed E-state index contributed by atoms with van der Waals surface area (Å²) in [5, 5.41) is 8.84. The number of rotatable bonds is 4. The van der Waals surface area contributed by atoms with Gasteiger partial charge in [-0.25, -0.2) is 0 Å². The van der Waals surface area contributed by atoms with Crippen molar-refractivity contribution in [2.24, 2.45) is 5.73 Å². The largest absolute Gasteiger partial charge is 0.396 e. The third-order valence-corrected chi connectivity index (χ3v) is 2.94. The Morgan fingerprint density at radius 2 is 1.93 bits per heavy atom. The van der Waals surface area contributed by atoms with E-state index in [9.17, 15) is 0 Å². The van der Waals surface area contributed by atoms with Gasteiger partial charge < -0.3 is 10.8 Å². The number of hydrogen-bond donors (Lipinski definition) is 2. The van der Waals surface area contributed by atoms with Crippen LogP contribution in [-0.4, -0.2) is 35.2 Å². The summed E-state index contributed by atoms with van der Waals surface area (Å²) in [6, 6.07) is 10.4. The fourth-order valence-corrected chi connectivity index (χ4v) is 2.18. The van der Waals surface area contributed by atoms with E-state index >= 15 is 0 Å². The maximum Gasteiger partial charge on any atom is 0.0449 e. The highest BCUT2D eigenvalue weighted by atomic mass is 16.3. The van der Waals surface area contributed by atoms with Crippen molar-refractivity contribution in [3.63, 3.8) is 0 Å². The Morgan fingerprint density at radius 1 is 1.27 bits per heavy atom. The average molecular weight is 206 g/mol. The quantitative estimate of drug-likeness (QED) is 0.757. The maximum absolute atomic E-state index is 8.84. The van der Waals surface area contributed by atoms with Crippen LogP contribution in [0.2, 0.25) is 0 Å². The van der Waals surface area contributed by atoms with Crippen LogP contribution < -0.4 is 5.73 Å². The minimum atomic E-state index is -0.149. The molecule has 1 aromatic carbocycles. The molecular weight excluding hydrogens is 188 g/mol. The van der Waals surface area contributed by atoms with Crippen LogP contribution in [-0.2, 0) is 6.54 Å². The molecule has 3 nitrogen and oxygen atoms in total. The molecule has 0 radical (unpaired) electrons. The van der Waals surface area contributed by atoms with E-state index in [1.165, 1.54) is 5.56 Å². The highest BCUT2D eigenvalue weighted by Gasteiger charge is 2.38. The van der Waals surface area contributed by atoms with Crippen LogP contribution in [0.3, 0.4) is 0 Å². The smallest absolute Gasteiger partial charge is 0.0449 e. The summed E-state index contributed by atoms with van der Waals surface area (Å²) in [6.45, 7) is 2.94. The van der Waals surface area contributed by atoms with Gasteiger partial charge in [-0.1, -0.05) is 30.3 Å². The van der Waals surface area contributed by atoms with Crippen molar-refractivity contribution < 1.29 is 5.11 Å². The number of hydrogen-bond acceptors (Lipinski definition) is 3. The van der Waals surface area contributed by atoms with Crippen LogP contribution in [0, 0.1) is 0 Å². The zero-order chi connectivity index (χ0) is 10.7. The highest BCUT2D eigenvalue weighted by molar-refractivity contribution is 5.15. The van der Waals surface area contributed by atoms with Gasteiger partial charge in [0.1, 0.15) is 0 Å². The molecule has 0 saturated carbocycles. The van der Waals surface area contributed by atoms with Gasteiger partial charge in [-0.2, -0.15) is 0 Å². The van der Waals surface area contributed by atoms with Crippen LogP contribution in [0.5, 0.6) is 0 Å². The molecule has 0 unspecified atom stereocenters. The molecule has 0 bridgehead atoms. The standard InChI is InChI=1S/C12H18N2O/c13-12(6-7-15)9-14(10-12)8-11-4-2-1-3-5-11/h1-5,15H,6-10,13H2. The van der Waals surface area contributed by atoms with Crippen molar-refractivity contribution in [2.45, 2.75) is 18.5 Å². The first-order chi connectivity index (χ1) is 7.22. The van der Waals surface area contributed by atoms with E-state index in [2.05, 4.69) is 29.2 Å². The first kappa shape index (κ1) is 10.6. The van der Waals surface area contributed by atoms with Crippen LogP contribution in [0.25, 0.3) is 0 Å². The number of aliphatic hydroxyl groups excluding tert-OH is 1. The summed E-state index contributed by atoms with van der Waals surface area (Å²) >= 11 is 0. The molecule has 1 heterocycles. The third-order valence-electron chi connectivity index (χ3n) is 2.94. The second-order valence-corrected chi connectivity index (χ2v) is 4.47. The summed E-state index contributed by atoms with van der Waals surface area (Å²) in [4.78, 5) is 2.31. The SMILES string of the molecule is NC1(CCO)CN(Cc2ccccc2)C1. The molecule has 1 saturated heterocycles. The molecule has 1 aliphatic rings. The third kappa shape index (κ3) is 2.56. The molecular formula is C12H18N2O. The van der Waals surface area contributed by atoms with Crippen LogP contribution in [0.4, 0.5) is 0 Å². The topological polar surface area (TPSA) is 49.5 Å². The number of nitrogens with zero attached hydrogens (tertiary/aromatic N) is 1. The van der Waals surface area contributed by atoms with Gasteiger partial charge in [-0.15, -0.1) is 0 Å². The fraction of sp³-hybridized carbons (Fsp3) is 0.500. The van der Waals surface area contributed by atoms with E-state index in [4.69, 9.17) is 10.8 Å². The van der Waals surface area contributed by atoms with Gasteiger partial charge in [0, 0.05) is 31.8 Å². The molecule has 0 atom stereocenters. The minimum Gasteiger partial charge on any atom is -0.396 e. The Morgan fingerprint density at radius 3 is 2.53 bits per heavy atom. The number of benzene rings is 1. The molecule has 1 fully saturated rings. The lowest BCUT2D eigenvalue weighted by molar-refractivity contribution is 0.0446. The first-order valence-electron chi connectivity index (χ1n) is 5.38. The van der Waals surface area contributed by atoms with E-state index in [0.29, 0.717) is 6.42 Å². The van der Waals surface area contributed by atoms with Crippen molar-refractivity contribution in [3.05, 3.63) is 35.9 Å². The highest BCUT2D eigenvalue weighted by Crippen LogP contribution is 2.23. The van der Waals surface area contributed by atoms with Crippen LogP contribution in [0.15, 0.2) is 30.3 Å². The van der Waals surface area contributed by atoms with E-state index < -0.39 is 0 Å². The maximum atomic E-state index is 8.84. The van der Waals surface area contributed by atoms with Gasteiger partial charge in [-0.05, 0) is 12.0 Å². The van der Waals surface area contributed by atoms with Gasteiger partial charge >= 0.3 is 0 Å². The Balaban J connectivity index is 1.81. The van der Waals surface area contributed by atoms with Crippen molar-refractivity contribution in [2.75, 3.05) is 19.7 Å². The second kappa shape index (κ2) is 4.31. The molecule has 2 rings (SSSR count). The Hall–Kier alpha value is -0.900. The molecule has 1 aromatic rings. The Kier molecular flexibility index (Phi) is 3.05. The zero-order valence-electron chi connectivity index (χ0n) is 8.89. The van der Waals surface area contributed by atoms with Gasteiger partial charge in [-0.3, -0.25) is 4.90 Å². The Labute approximate surface area is 90.5 Å². The monoisotopic (exact) mass is 206 g/mol. The van der Waals surface area contributed by atoms with Crippen molar-refractivity contribution in [3.8, 4) is 0 Å². The predicted octanol–water partition coefficient (Wildman–Crippen LogP) is 0.582. The molecule has 15 heavy (non-hydrogen) atoms. The number of aliphatic hydroxyl groups is 1. The zero-order valence-corrected chi connectivity index (χ0v) is 8.89. The molecule has 0 spiro atoms. The lowest BCUT2D eigenvalue weighted by atomic mass is 9.87. The lowest BCUT2D eigenvalue weighted by Crippen LogP contribution is -2.67. The van der Waals surface area contributed by atoms with Gasteiger partial charge in [0.2, 0.25) is 0 Å². The van der Waals surface area contributed by atoms with Crippen molar-refractivity contribution in [1.29, 1.82) is 0 Å². The van der Waals surface area contributed by atoms with E-state index in [1.54, 1.807) is 0 Å². The molecule has 3 heteroatoms. The Bertz CT molecular complexity index is 307. The first-order valence-corrected chi connectivity index (χ1v) is 5.38. The molecule has 0 aliphatic carbocycles. The second-order valence-electron chi connectivity index (χ2n) is 4.47. The predicted molar refractivity (Wildman–Crippen MR) is 60.3 cm³/mol. The fourth-order valence-electron chi connectivity index (χ4n) is 2.18. The summed E-state index contributed by atoms with van der Waals surface area (Å²) in [5.41, 5.74) is 7.23. The minimum absolute atomic E-state index is 0.149. The molecule has 82 valence electrons. The van der Waals surface area contributed by atoms with Crippen LogP contribution in [0.1, 0.15) is 12.0 Å². The number of nitrogens with two attached hydrogens (primary N) is 1. The molecule has 1 aliphatic heterocycles. The summed E-state index contributed by atoms with van der Waals surface area (Å²) in [6.07, 6.45) is 0.707.